The standard InChI is InChI=1S/C33H51N7O3/c1-6-40-28-13-8-7-11-25(28)26-18-23(14-15-29(26)40)37-32(42)27(12-9-10-16-34)39-30(41)20-36-19-24(17-21(2)3)38-33(43)31(35)22(4)5/h7-8,11,13-15,18,21-22,24,27,31,36H,6,9-10,12,16-17,19-20,34-35H2,1-5H3,(H,37,42)(H,38,43)(H,39,41)/t24-,27-,31+/m0/s1. The van der Waals surface area contributed by atoms with E-state index in [1.165, 1.54) is 0 Å². The molecule has 0 fully saturated rings. The summed E-state index contributed by atoms with van der Waals surface area (Å²) < 4.78 is 2.26. The van der Waals surface area contributed by atoms with E-state index in [0.29, 0.717) is 37.5 Å². The fourth-order valence-corrected chi connectivity index (χ4v) is 5.43. The summed E-state index contributed by atoms with van der Waals surface area (Å²) in [7, 11) is 0. The fraction of sp³-hybridized carbons (Fsp3) is 0.545. The van der Waals surface area contributed by atoms with Crippen molar-refractivity contribution in [1.82, 2.24) is 20.5 Å². The number of nitrogens with zero attached hydrogens (tertiary/aromatic N) is 1. The minimum atomic E-state index is -0.705. The largest absolute Gasteiger partial charge is 0.351 e. The Labute approximate surface area is 255 Å². The molecule has 10 nitrogen and oxygen atoms in total. The lowest BCUT2D eigenvalue weighted by atomic mass is 10.0. The van der Waals surface area contributed by atoms with Gasteiger partial charge in [-0.2, -0.15) is 0 Å². The molecule has 3 amide bonds. The molecule has 0 unspecified atom stereocenters. The fourth-order valence-electron chi connectivity index (χ4n) is 5.43. The van der Waals surface area contributed by atoms with Gasteiger partial charge in [0.1, 0.15) is 6.04 Å². The molecule has 236 valence electrons. The summed E-state index contributed by atoms with van der Waals surface area (Å²) in [5.41, 5.74) is 14.7. The Hall–Kier alpha value is -3.47. The van der Waals surface area contributed by atoms with Gasteiger partial charge in [-0.15, -0.1) is 0 Å². The molecule has 3 rings (SSSR count). The first-order valence-electron chi connectivity index (χ1n) is 15.6. The van der Waals surface area contributed by atoms with Crippen LogP contribution in [0.4, 0.5) is 5.69 Å². The molecule has 0 aliphatic carbocycles. The van der Waals surface area contributed by atoms with E-state index in [0.717, 1.165) is 41.2 Å². The molecule has 0 spiro atoms. The maximum Gasteiger partial charge on any atom is 0.246 e. The zero-order chi connectivity index (χ0) is 31.5. The number of aromatic nitrogens is 1. The highest BCUT2D eigenvalue weighted by molar-refractivity contribution is 6.10. The maximum atomic E-state index is 13.4. The SMILES string of the molecule is CCn1c2ccccc2c2cc(NC(=O)[C@H](CCCCN)NC(=O)CNC[C@H](CC(C)C)NC(=O)[C@H](N)C(C)C)ccc21. The van der Waals surface area contributed by atoms with Gasteiger partial charge in [-0.1, -0.05) is 45.9 Å². The maximum absolute atomic E-state index is 13.4. The van der Waals surface area contributed by atoms with E-state index in [1.54, 1.807) is 0 Å². The summed E-state index contributed by atoms with van der Waals surface area (Å²) in [5.74, 6) is -0.371. The Morgan fingerprint density at radius 3 is 2.30 bits per heavy atom. The van der Waals surface area contributed by atoms with Gasteiger partial charge >= 0.3 is 0 Å². The third-order valence-electron chi connectivity index (χ3n) is 7.75. The first-order chi connectivity index (χ1) is 20.5. The van der Waals surface area contributed by atoms with Crippen LogP contribution in [-0.4, -0.2) is 60.0 Å². The monoisotopic (exact) mass is 593 g/mol. The predicted octanol–water partition coefficient (Wildman–Crippen LogP) is 3.47. The second kappa shape index (κ2) is 16.4. The Balaban J connectivity index is 1.64. The molecule has 43 heavy (non-hydrogen) atoms. The molecule has 0 bridgehead atoms. The van der Waals surface area contributed by atoms with Crippen LogP contribution in [0.5, 0.6) is 0 Å². The van der Waals surface area contributed by atoms with Crippen molar-refractivity contribution >= 4 is 45.2 Å². The summed E-state index contributed by atoms with van der Waals surface area (Å²) in [4.78, 5) is 38.9. The van der Waals surface area contributed by atoms with E-state index in [2.05, 4.69) is 58.7 Å². The van der Waals surface area contributed by atoms with Crippen LogP contribution in [0, 0.1) is 11.8 Å². The van der Waals surface area contributed by atoms with E-state index in [-0.39, 0.29) is 36.2 Å². The van der Waals surface area contributed by atoms with Gasteiger partial charge in [0, 0.05) is 46.6 Å². The first-order valence-corrected chi connectivity index (χ1v) is 15.6. The molecule has 0 aliphatic rings. The van der Waals surface area contributed by atoms with Crippen LogP contribution in [0.1, 0.15) is 60.3 Å². The number of para-hydroxylation sites is 1. The number of unbranched alkanes of at least 4 members (excludes halogenated alkanes) is 1. The number of hydrogen-bond donors (Lipinski definition) is 6. The minimum absolute atomic E-state index is 0.0177. The van der Waals surface area contributed by atoms with Crippen molar-refractivity contribution < 1.29 is 14.4 Å². The van der Waals surface area contributed by atoms with Crippen LogP contribution < -0.4 is 32.7 Å². The highest BCUT2D eigenvalue weighted by Crippen LogP contribution is 2.31. The van der Waals surface area contributed by atoms with Crippen LogP contribution in [-0.2, 0) is 20.9 Å². The Bertz CT molecular complexity index is 1370. The number of fused-ring (bicyclic) bond motifs is 3. The lowest BCUT2D eigenvalue weighted by Gasteiger charge is -2.24. The van der Waals surface area contributed by atoms with Crippen LogP contribution in [0.3, 0.4) is 0 Å². The van der Waals surface area contributed by atoms with Crippen LogP contribution in [0.25, 0.3) is 21.8 Å². The molecule has 0 aliphatic heterocycles. The zero-order valence-corrected chi connectivity index (χ0v) is 26.4. The van der Waals surface area contributed by atoms with Crippen LogP contribution >= 0.6 is 0 Å². The molecular formula is C33H51N7O3. The quantitative estimate of drug-likeness (QED) is 0.132. The lowest BCUT2D eigenvalue weighted by Crippen LogP contribution is -2.52. The number of amides is 3. The molecule has 1 aromatic heterocycles. The summed E-state index contributed by atoms with van der Waals surface area (Å²) in [5, 5.41) is 14.3. The Kier molecular flexibility index (Phi) is 13.0. The van der Waals surface area contributed by atoms with Gasteiger partial charge in [-0.3, -0.25) is 14.4 Å². The van der Waals surface area contributed by atoms with Gasteiger partial charge in [-0.25, -0.2) is 0 Å². The lowest BCUT2D eigenvalue weighted by molar-refractivity contribution is -0.126. The zero-order valence-electron chi connectivity index (χ0n) is 26.4. The van der Waals surface area contributed by atoms with Crippen molar-refractivity contribution in [3.8, 4) is 0 Å². The van der Waals surface area contributed by atoms with E-state index >= 15 is 0 Å². The van der Waals surface area contributed by atoms with Crippen molar-refractivity contribution in [2.75, 3.05) is 25.0 Å². The van der Waals surface area contributed by atoms with E-state index in [9.17, 15) is 14.4 Å². The summed E-state index contributed by atoms with van der Waals surface area (Å²) in [6.07, 6.45) is 2.70. The van der Waals surface area contributed by atoms with E-state index in [4.69, 9.17) is 11.5 Å². The number of carbonyl (C=O) groups is 3. The molecule has 0 radical (unpaired) electrons. The first kappa shape index (κ1) is 34.0. The third kappa shape index (κ3) is 9.51. The van der Waals surface area contributed by atoms with E-state index in [1.807, 2.05) is 44.2 Å². The number of rotatable bonds is 17. The second-order valence-corrected chi connectivity index (χ2v) is 12.1. The van der Waals surface area contributed by atoms with E-state index < -0.39 is 12.1 Å². The highest BCUT2D eigenvalue weighted by atomic mass is 16.2. The predicted molar refractivity (Wildman–Crippen MR) is 176 cm³/mol. The third-order valence-corrected chi connectivity index (χ3v) is 7.75. The number of anilines is 1. The van der Waals surface area contributed by atoms with Crippen molar-refractivity contribution in [2.24, 2.45) is 23.3 Å². The summed E-state index contributed by atoms with van der Waals surface area (Å²) in [6, 6.07) is 12.7. The number of hydrogen-bond acceptors (Lipinski definition) is 6. The second-order valence-electron chi connectivity index (χ2n) is 12.1. The molecule has 8 N–H and O–H groups in total. The van der Waals surface area contributed by atoms with Gasteiger partial charge in [0.25, 0.3) is 0 Å². The molecule has 0 saturated carbocycles. The molecule has 2 aromatic carbocycles. The number of nitrogens with one attached hydrogen (secondary N) is 4. The molecule has 1 heterocycles. The summed E-state index contributed by atoms with van der Waals surface area (Å²) in [6.45, 7) is 11.9. The van der Waals surface area contributed by atoms with Crippen LogP contribution in [0.2, 0.25) is 0 Å². The minimum Gasteiger partial charge on any atom is -0.351 e. The summed E-state index contributed by atoms with van der Waals surface area (Å²) >= 11 is 0. The average molecular weight is 594 g/mol. The number of carbonyl (C=O) groups excluding carboxylic acids is 3. The molecule has 3 aromatic rings. The molecule has 10 heteroatoms. The van der Waals surface area contributed by atoms with Gasteiger partial charge < -0.3 is 37.3 Å². The Morgan fingerprint density at radius 1 is 0.907 bits per heavy atom. The number of benzene rings is 2. The van der Waals surface area contributed by atoms with Gasteiger partial charge in [0.15, 0.2) is 0 Å². The Morgan fingerprint density at radius 2 is 1.63 bits per heavy atom. The highest BCUT2D eigenvalue weighted by Gasteiger charge is 2.23. The normalized spacial score (nSPS) is 13.8. The van der Waals surface area contributed by atoms with Gasteiger partial charge in [-0.05, 0) is 75.3 Å². The molecule has 3 atom stereocenters. The van der Waals surface area contributed by atoms with Crippen molar-refractivity contribution in [2.45, 2.75) is 85.0 Å². The van der Waals surface area contributed by atoms with Gasteiger partial charge in [0.05, 0.1) is 12.6 Å². The van der Waals surface area contributed by atoms with Crippen molar-refractivity contribution in [3.05, 3.63) is 42.5 Å². The van der Waals surface area contributed by atoms with Gasteiger partial charge in [0.2, 0.25) is 17.7 Å². The van der Waals surface area contributed by atoms with Crippen LogP contribution in [0.15, 0.2) is 42.5 Å². The molecular weight excluding hydrogens is 542 g/mol. The number of aryl methyl sites for hydroxylation is 1. The topological polar surface area (TPSA) is 156 Å². The average Bonchev–Trinajstić information content (AvgIpc) is 3.28. The van der Waals surface area contributed by atoms with Crippen molar-refractivity contribution in [1.29, 1.82) is 0 Å². The smallest absolute Gasteiger partial charge is 0.246 e. The number of nitrogens with two attached hydrogens (primary N) is 2. The van der Waals surface area contributed by atoms with Crippen molar-refractivity contribution in [3.63, 3.8) is 0 Å². The molecule has 0 saturated heterocycles.